The zero-order chi connectivity index (χ0) is 11.8. The molecule has 1 saturated carbocycles. The maximum Gasteiger partial charge on any atom is 0.0741 e. The minimum absolute atomic E-state index is 0.179. The Balaban J connectivity index is 2.17. The average molecular weight is 227 g/mol. The molecule has 3 heteroatoms. The summed E-state index contributed by atoms with van der Waals surface area (Å²) in [5.74, 6) is 1.31. The number of hydrogen-bond acceptors (Lipinski definition) is 3. The van der Waals surface area contributed by atoms with Crippen molar-refractivity contribution in [3.05, 3.63) is 0 Å². The smallest absolute Gasteiger partial charge is 0.0741 e. The van der Waals surface area contributed by atoms with Crippen LogP contribution in [0.4, 0.5) is 0 Å². The number of aliphatic hydroxyl groups is 1. The van der Waals surface area contributed by atoms with Gasteiger partial charge in [0, 0.05) is 18.6 Å². The molecule has 2 aliphatic rings. The highest BCUT2D eigenvalue weighted by molar-refractivity contribution is 5.04. The number of nitrogens with two attached hydrogens (primary N) is 1. The molecule has 4 atom stereocenters. The Hall–Kier alpha value is -0.120. The predicted molar refractivity (Wildman–Crippen MR) is 64.1 cm³/mol. The van der Waals surface area contributed by atoms with Gasteiger partial charge in [0.2, 0.25) is 0 Å². The molecule has 0 amide bonds. The molecule has 0 spiro atoms. The van der Waals surface area contributed by atoms with Crippen LogP contribution in [0.5, 0.6) is 0 Å². The normalized spacial score (nSPS) is 49.5. The van der Waals surface area contributed by atoms with Crippen molar-refractivity contribution in [2.45, 2.75) is 45.1 Å². The lowest BCUT2D eigenvalue weighted by Crippen LogP contribution is -2.56. The summed E-state index contributed by atoms with van der Waals surface area (Å²) in [5, 5.41) is 10.9. The lowest BCUT2D eigenvalue weighted by Gasteiger charge is -2.49. The molecule has 3 nitrogen and oxygen atoms in total. The van der Waals surface area contributed by atoms with Crippen LogP contribution in [-0.2, 0) is 4.74 Å². The first kappa shape index (κ1) is 12.3. The second-order valence-corrected chi connectivity index (χ2v) is 6.02. The zero-order valence-corrected chi connectivity index (χ0v) is 10.5. The molecule has 0 aromatic heterocycles. The fourth-order valence-electron chi connectivity index (χ4n) is 3.39. The predicted octanol–water partition coefficient (Wildman–Crippen LogP) is 1.54. The molecular weight excluding hydrogens is 202 g/mol. The average Bonchev–Trinajstić information content (AvgIpc) is 2.74. The summed E-state index contributed by atoms with van der Waals surface area (Å²) in [5.41, 5.74) is 5.15. The van der Waals surface area contributed by atoms with Crippen LogP contribution in [0.3, 0.4) is 0 Å². The van der Waals surface area contributed by atoms with Crippen LogP contribution in [0, 0.1) is 17.3 Å². The van der Waals surface area contributed by atoms with Crippen LogP contribution in [0.2, 0.25) is 0 Å². The van der Waals surface area contributed by atoms with E-state index >= 15 is 0 Å². The Bertz CT molecular complexity index is 250. The molecule has 94 valence electrons. The van der Waals surface area contributed by atoms with E-state index in [9.17, 15) is 5.11 Å². The second kappa shape index (κ2) is 4.28. The van der Waals surface area contributed by atoms with E-state index in [0.717, 1.165) is 38.2 Å². The van der Waals surface area contributed by atoms with Crippen LogP contribution in [0.25, 0.3) is 0 Å². The van der Waals surface area contributed by atoms with Gasteiger partial charge >= 0.3 is 0 Å². The van der Waals surface area contributed by atoms with Gasteiger partial charge in [-0.3, -0.25) is 0 Å². The molecule has 3 N–H and O–H groups in total. The standard InChI is InChI=1S/C13H25NO2/c1-10-3-4-13(15,7-11(10)2)12(8-14)5-6-16-9-12/h10-11,15H,3-9,14H2,1-2H3. The van der Waals surface area contributed by atoms with E-state index in [-0.39, 0.29) is 5.41 Å². The molecule has 4 unspecified atom stereocenters. The quantitative estimate of drug-likeness (QED) is 0.752. The SMILES string of the molecule is CC1CCC(O)(C2(CN)CCOC2)CC1C. The second-order valence-electron chi connectivity index (χ2n) is 6.02. The highest BCUT2D eigenvalue weighted by Gasteiger charge is 2.53. The van der Waals surface area contributed by atoms with Gasteiger partial charge < -0.3 is 15.6 Å². The first-order valence-electron chi connectivity index (χ1n) is 6.53. The highest BCUT2D eigenvalue weighted by atomic mass is 16.5. The molecule has 1 saturated heterocycles. The minimum atomic E-state index is -0.593. The summed E-state index contributed by atoms with van der Waals surface area (Å²) in [7, 11) is 0. The van der Waals surface area contributed by atoms with Gasteiger partial charge in [0.25, 0.3) is 0 Å². The van der Waals surface area contributed by atoms with Crippen molar-refractivity contribution in [3.63, 3.8) is 0 Å². The van der Waals surface area contributed by atoms with Crippen LogP contribution in [-0.4, -0.2) is 30.5 Å². The molecular formula is C13H25NO2. The highest BCUT2D eigenvalue weighted by Crippen LogP contribution is 2.49. The maximum atomic E-state index is 10.9. The Kier molecular flexibility index (Phi) is 3.30. The van der Waals surface area contributed by atoms with Gasteiger partial charge in [-0.15, -0.1) is 0 Å². The summed E-state index contributed by atoms with van der Waals surface area (Å²) in [6.45, 7) is 6.47. The van der Waals surface area contributed by atoms with Crippen molar-refractivity contribution in [1.29, 1.82) is 0 Å². The molecule has 1 aliphatic heterocycles. The Labute approximate surface area is 98.4 Å². The first-order valence-corrected chi connectivity index (χ1v) is 6.53. The van der Waals surface area contributed by atoms with Gasteiger partial charge in [0.05, 0.1) is 12.2 Å². The summed E-state index contributed by atoms with van der Waals surface area (Å²) in [4.78, 5) is 0. The molecule has 2 fully saturated rings. The molecule has 16 heavy (non-hydrogen) atoms. The van der Waals surface area contributed by atoms with Crippen molar-refractivity contribution in [1.82, 2.24) is 0 Å². The molecule has 0 radical (unpaired) electrons. The van der Waals surface area contributed by atoms with Crippen LogP contribution in [0.15, 0.2) is 0 Å². The Morgan fingerprint density at radius 2 is 2.06 bits per heavy atom. The van der Waals surface area contributed by atoms with E-state index < -0.39 is 5.60 Å². The number of ether oxygens (including phenoxy) is 1. The van der Waals surface area contributed by atoms with E-state index in [0.29, 0.717) is 19.1 Å². The van der Waals surface area contributed by atoms with Gasteiger partial charge in [-0.25, -0.2) is 0 Å². The summed E-state index contributed by atoms with van der Waals surface area (Å²) in [6.07, 6.45) is 3.80. The third kappa shape index (κ3) is 1.79. The van der Waals surface area contributed by atoms with Crippen molar-refractivity contribution >= 4 is 0 Å². The Morgan fingerprint density at radius 3 is 2.56 bits per heavy atom. The van der Waals surface area contributed by atoms with Gasteiger partial charge in [-0.1, -0.05) is 13.8 Å². The van der Waals surface area contributed by atoms with E-state index in [1.807, 2.05) is 0 Å². The zero-order valence-electron chi connectivity index (χ0n) is 10.5. The third-order valence-electron chi connectivity index (χ3n) is 5.13. The Morgan fingerprint density at radius 1 is 1.31 bits per heavy atom. The van der Waals surface area contributed by atoms with Crippen molar-refractivity contribution in [2.75, 3.05) is 19.8 Å². The molecule has 1 aliphatic carbocycles. The third-order valence-corrected chi connectivity index (χ3v) is 5.13. The maximum absolute atomic E-state index is 10.9. The van der Waals surface area contributed by atoms with Crippen LogP contribution in [0.1, 0.15) is 39.5 Å². The van der Waals surface area contributed by atoms with Gasteiger partial charge in [-0.05, 0) is 37.5 Å². The molecule has 1 heterocycles. The van der Waals surface area contributed by atoms with E-state index in [1.165, 1.54) is 0 Å². The summed E-state index contributed by atoms with van der Waals surface area (Å²) < 4.78 is 5.49. The molecule has 0 aromatic rings. The van der Waals surface area contributed by atoms with E-state index in [1.54, 1.807) is 0 Å². The first-order chi connectivity index (χ1) is 7.53. The monoisotopic (exact) mass is 227 g/mol. The van der Waals surface area contributed by atoms with E-state index in [4.69, 9.17) is 10.5 Å². The van der Waals surface area contributed by atoms with Crippen molar-refractivity contribution in [2.24, 2.45) is 23.0 Å². The van der Waals surface area contributed by atoms with Crippen LogP contribution < -0.4 is 5.73 Å². The molecule has 0 bridgehead atoms. The lowest BCUT2D eigenvalue weighted by molar-refractivity contribution is -0.125. The van der Waals surface area contributed by atoms with Crippen LogP contribution >= 0.6 is 0 Å². The molecule has 0 aromatic carbocycles. The van der Waals surface area contributed by atoms with Gasteiger partial charge in [-0.2, -0.15) is 0 Å². The summed E-state index contributed by atoms with van der Waals surface area (Å²) >= 11 is 0. The largest absolute Gasteiger partial charge is 0.389 e. The lowest BCUT2D eigenvalue weighted by atomic mass is 9.60. The molecule has 2 rings (SSSR count). The number of rotatable bonds is 2. The van der Waals surface area contributed by atoms with Crippen molar-refractivity contribution in [3.8, 4) is 0 Å². The summed E-state index contributed by atoms with van der Waals surface area (Å²) in [6, 6.07) is 0. The van der Waals surface area contributed by atoms with Gasteiger partial charge in [0.1, 0.15) is 0 Å². The topological polar surface area (TPSA) is 55.5 Å². The number of hydrogen-bond donors (Lipinski definition) is 2. The minimum Gasteiger partial charge on any atom is -0.389 e. The fraction of sp³-hybridized carbons (Fsp3) is 1.00. The fourth-order valence-corrected chi connectivity index (χ4v) is 3.39. The van der Waals surface area contributed by atoms with E-state index in [2.05, 4.69) is 13.8 Å². The van der Waals surface area contributed by atoms with Gasteiger partial charge in [0.15, 0.2) is 0 Å². The van der Waals surface area contributed by atoms with Crippen molar-refractivity contribution < 1.29 is 9.84 Å².